The zero-order valence-electron chi connectivity index (χ0n) is 15.4. The summed E-state index contributed by atoms with van der Waals surface area (Å²) in [5.41, 5.74) is 4.16. The highest BCUT2D eigenvalue weighted by atomic mass is 31.2. The maximum atomic E-state index is 13.0. The minimum Gasteiger partial charge on any atom is -0.303 e. The second kappa shape index (κ2) is 8.60. The Hall–Kier alpha value is -1.44. The normalized spacial score (nSPS) is 11.8. The zero-order chi connectivity index (χ0) is 18.4. The Labute approximate surface area is 145 Å². The number of hydrogen-bond acceptors (Lipinski definition) is 4. The van der Waals surface area contributed by atoms with Crippen LogP contribution in [0.2, 0.25) is 0 Å². The molecule has 0 aliphatic carbocycles. The van der Waals surface area contributed by atoms with Crippen molar-refractivity contribution in [2.75, 3.05) is 13.2 Å². The predicted molar refractivity (Wildman–Crippen MR) is 98.0 cm³/mol. The van der Waals surface area contributed by atoms with Gasteiger partial charge in [-0.05, 0) is 53.2 Å². The Morgan fingerprint density at radius 2 is 1.67 bits per heavy atom. The molecule has 0 unspecified atom stereocenters. The van der Waals surface area contributed by atoms with Crippen molar-refractivity contribution >= 4 is 18.7 Å². The Morgan fingerprint density at radius 1 is 1.17 bits per heavy atom. The van der Waals surface area contributed by atoms with Gasteiger partial charge in [-0.1, -0.05) is 29.8 Å². The third kappa shape index (κ3) is 4.55. The van der Waals surface area contributed by atoms with Gasteiger partial charge in [-0.2, -0.15) is 0 Å². The van der Waals surface area contributed by atoms with Crippen molar-refractivity contribution in [1.29, 1.82) is 0 Å². The molecule has 1 aromatic carbocycles. The van der Waals surface area contributed by atoms with E-state index in [1.807, 2.05) is 38.1 Å². The van der Waals surface area contributed by atoms with E-state index in [9.17, 15) is 9.36 Å². The van der Waals surface area contributed by atoms with Crippen molar-refractivity contribution in [3.05, 3.63) is 47.2 Å². The van der Waals surface area contributed by atoms with Gasteiger partial charge in [0.1, 0.15) is 0 Å². The van der Waals surface area contributed by atoms with Crippen LogP contribution in [0, 0.1) is 12.3 Å². The monoisotopic (exact) mass is 350 g/mol. The van der Waals surface area contributed by atoms with Crippen LogP contribution in [0.15, 0.2) is 36.1 Å². The van der Waals surface area contributed by atoms with Crippen LogP contribution in [0.1, 0.15) is 45.7 Å². The van der Waals surface area contributed by atoms with Crippen molar-refractivity contribution in [3.8, 4) is 0 Å². The predicted octanol–water partition coefficient (Wildman–Crippen LogP) is 5.37. The zero-order valence-corrected chi connectivity index (χ0v) is 16.3. The molecule has 0 fully saturated rings. The van der Waals surface area contributed by atoms with Gasteiger partial charge in [-0.3, -0.25) is 9.36 Å². The Bertz CT molecular complexity index is 670. The molecule has 0 aromatic heterocycles. The van der Waals surface area contributed by atoms with Crippen LogP contribution in [0.5, 0.6) is 0 Å². The third-order valence-electron chi connectivity index (χ3n) is 3.64. The fraction of sp³-hybridized carbons (Fsp3) is 0.474. The summed E-state index contributed by atoms with van der Waals surface area (Å²) in [7, 11) is -3.85. The molecule has 1 aromatic rings. The fourth-order valence-electron chi connectivity index (χ4n) is 2.43. The van der Waals surface area contributed by atoms with Crippen LogP contribution >= 0.6 is 7.60 Å². The molecule has 0 saturated carbocycles. The summed E-state index contributed by atoms with van der Waals surface area (Å²) < 4.78 is 23.4. The topological polar surface area (TPSA) is 52.6 Å². The second-order valence-corrected chi connectivity index (χ2v) is 7.85. The minimum atomic E-state index is -3.85. The molecule has 0 spiro atoms. The van der Waals surface area contributed by atoms with Crippen LogP contribution in [0.25, 0.3) is 5.57 Å². The summed E-state index contributed by atoms with van der Waals surface area (Å²) in [6.07, 6.45) is 1.75. The molecule has 4 nitrogen and oxygen atoms in total. The van der Waals surface area contributed by atoms with Crippen LogP contribution in [-0.2, 0) is 18.4 Å². The fourth-order valence-corrected chi connectivity index (χ4v) is 4.22. The molecule has 0 aliphatic heterocycles. The van der Waals surface area contributed by atoms with Crippen LogP contribution < -0.4 is 0 Å². The lowest BCUT2D eigenvalue weighted by atomic mass is 9.81. The Balaban J connectivity index is 3.41. The molecule has 0 saturated heterocycles. The van der Waals surface area contributed by atoms with Gasteiger partial charge in [0.2, 0.25) is 0 Å². The molecule has 0 amide bonds. The molecule has 0 heterocycles. The lowest BCUT2D eigenvalue weighted by Gasteiger charge is -2.29. The number of aryl methyl sites for hydroxylation is 1. The largest absolute Gasteiger partial charge is 0.397 e. The Kier molecular flexibility index (Phi) is 7.38. The number of allylic oxidation sites excluding steroid dienone is 1. The molecule has 24 heavy (non-hydrogen) atoms. The maximum absolute atomic E-state index is 13.0. The first-order valence-electron chi connectivity index (χ1n) is 8.15. The first-order valence-corrected chi connectivity index (χ1v) is 9.70. The summed E-state index contributed by atoms with van der Waals surface area (Å²) in [5, 5.41) is 0. The number of benzene rings is 1. The number of hydrogen-bond donors (Lipinski definition) is 0. The van der Waals surface area contributed by atoms with E-state index in [0.29, 0.717) is 5.57 Å². The van der Waals surface area contributed by atoms with E-state index in [4.69, 9.17) is 9.05 Å². The van der Waals surface area contributed by atoms with E-state index in [2.05, 4.69) is 5.73 Å². The van der Waals surface area contributed by atoms with Crippen molar-refractivity contribution in [3.63, 3.8) is 0 Å². The number of carbonyl (C=O) groups excluding carboxylic acids is 1. The highest BCUT2D eigenvalue weighted by Crippen LogP contribution is 2.56. The summed E-state index contributed by atoms with van der Waals surface area (Å²) >= 11 is 0. The van der Waals surface area contributed by atoms with E-state index in [1.165, 1.54) is 0 Å². The lowest BCUT2D eigenvalue weighted by molar-refractivity contribution is -0.119. The van der Waals surface area contributed by atoms with Gasteiger partial charge in [0.25, 0.3) is 5.52 Å². The third-order valence-corrected chi connectivity index (χ3v) is 5.89. The van der Waals surface area contributed by atoms with Gasteiger partial charge in [0.15, 0.2) is 0 Å². The van der Waals surface area contributed by atoms with Gasteiger partial charge in [-0.15, -0.1) is 5.73 Å². The van der Waals surface area contributed by atoms with E-state index < -0.39 is 18.5 Å². The highest BCUT2D eigenvalue weighted by Gasteiger charge is 2.46. The van der Waals surface area contributed by atoms with Crippen molar-refractivity contribution in [1.82, 2.24) is 0 Å². The van der Waals surface area contributed by atoms with Crippen molar-refractivity contribution in [2.24, 2.45) is 5.41 Å². The van der Waals surface area contributed by atoms with Gasteiger partial charge in [-0.25, -0.2) is 0 Å². The standard InChI is InChI=1S/C19H27O4P/c1-7-10-17(16-13-11-15(4)12-14-16)19(5,6)18(20)24(21,22-8-2)23-9-3/h7,11-14H,8-9H2,1-6H3. The first kappa shape index (κ1) is 20.6. The maximum Gasteiger partial charge on any atom is 0.397 e. The molecular formula is C19H27O4P. The van der Waals surface area contributed by atoms with Gasteiger partial charge in [0, 0.05) is 5.57 Å². The Morgan fingerprint density at radius 3 is 2.08 bits per heavy atom. The van der Waals surface area contributed by atoms with Crippen LogP contribution in [-0.4, -0.2) is 18.7 Å². The summed E-state index contributed by atoms with van der Waals surface area (Å²) in [4.78, 5) is 13.0. The molecule has 1 rings (SSSR count). The lowest BCUT2D eigenvalue weighted by Crippen LogP contribution is -2.27. The van der Waals surface area contributed by atoms with E-state index in [1.54, 1.807) is 33.8 Å². The summed E-state index contributed by atoms with van der Waals surface area (Å²) in [5.74, 6) is 0. The quantitative estimate of drug-likeness (QED) is 0.467. The molecule has 0 bridgehead atoms. The van der Waals surface area contributed by atoms with Crippen molar-refractivity contribution < 1.29 is 18.4 Å². The van der Waals surface area contributed by atoms with E-state index in [-0.39, 0.29) is 13.2 Å². The molecule has 0 aliphatic rings. The van der Waals surface area contributed by atoms with Crippen LogP contribution in [0.3, 0.4) is 0 Å². The highest BCUT2D eigenvalue weighted by molar-refractivity contribution is 7.72. The van der Waals surface area contributed by atoms with Gasteiger partial charge in [0.05, 0.1) is 18.6 Å². The van der Waals surface area contributed by atoms with Gasteiger partial charge >= 0.3 is 7.60 Å². The molecule has 0 radical (unpaired) electrons. The molecule has 5 heteroatoms. The van der Waals surface area contributed by atoms with Crippen molar-refractivity contribution in [2.45, 2.75) is 41.5 Å². The molecular weight excluding hydrogens is 323 g/mol. The second-order valence-electron chi connectivity index (χ2n) is 5.94. The van der Waals surface area contributed by atoms with E-state index >= 15 is 0 Å². The first-order chi connectivity index (χ1) is 11.2. The summed E-state index contributed by atoms with van der Waals surface area (Å²) in [6.45, 7) is 11.0. The average Bonchev–Trinajstić information content (AvgIpc) is 2.53. The van der Waals surface area contributed by atoms with Gasteiger partial charge < -0.3 is 9.05 Å². The SMILES string of the molecule is CC=C=C(c1ccc(C)cc1)C(C)(C)C(=O)P(=O)(OCC)OCC. The minimum absolute atomic E-state index is 0.145. The smallest absolute Gasteiger partial charge is 0.303 e. The van der Waals surface area contributed by atoms with Crippen LogP contribution in [0.4, 0.5) is 0 Å². The summed E-state index contributed by atoms with van der Waals surface area (Å²) in [6, 6.07) is 7.81. The van der Waals surface area contributed by atoms with E-state index in [0.717, 1.165) is 11.1 Å². The average molecular weight is 350 g/mol. The molecule has 0 N–H and O–H groups in total. The molecule has 132 valence electrons. The molecule has 0 atom stereocenters. The number of carbonyl (C=O) groups is 1. The number of rotatable bonds is 8.